The highest BCUT2D eigenvalue weighted by atomic mass is 16.6. The van der Waals surface area contributed by atoms with Gasteiger partial charge in [-0.1, -0.05) is 248 Å². The summed E-state index contributed by atoms with van der Waals surface area (Å²) >= 11 is 0. The van der Waals surface area contributed by atoms with Crippen LogP contribution in [-0.2, 0) is 23.8 Å². The highest BCUT2D eigenvalue weighted by Gasteiger charge is 2.17. The lowest BCUT2D eigenvalue weighted by Crippen LogP contribution is -2.30. The fourth-order valence-corrected chi connectivity index (χ4v) is 8.20. The Balaban J connectivity index is 4.29. The molecular formula is C61H110O5. The van der Waals surface area contributed by atoms with E-state index >= 15 is 0 Å². The van der Waals surface area contributed by atoms with Gasteiger partial charge in [-0.3, -0.25) is 9.59 Å². The Labute approximate surface area is 411 Å². The van der Waals surface area contributed by atoms with Crippen molar-refractivity contribution in [3.05, 3.63) is 60.8 Å². The van der Waals surface area contributed by atoms with E-state index in [1.54, 1.807) is 0 Å². The van der Waals surface area contributed by atoms with E-state index in [1.165, 1.54) is 186 Å². The van der Waals surface area contributed by atoms with Crippen LogP contribution in [0.3, 0.4) is 0 Å². The van der Waals surface area contributed by atoms with Crippen molar-refractivity contribution in [1.82, 2.24) is 0 Å². The molecule has 0 radical (unpaired) electrons. The second kappa shape index (κ2) is 56.9. The van der Waals surface area contributed by atoms with Gasteiger partial charge >= 0.3 is 11.9 Å². The molecule has 5 heteroatoms. The monoisotopic (exact) mass is 923 g/mol. The van der Waals surface area contributed by atoms with Crippen LogP contribution < -0.4 is 0 Å². The topological polar surface area (TPSA) is 61.8 Å². The third-order valence-electron chi connectivity index (χ3n) is 12.5. The zero-order chi connectivity index (χ0) is 47.7. The van der Waals surface area contributed by atoms with Crippen molar-refractivity contribution in [2.24, 2.45) is 0 Å². The third-order valence-corrected chi connectivity index (χ3v) is 12.5. The van der Waals surface area contributed by atoms with Gasteiger partial charge in [-0.15, -0.1) is 0 Å². The summed E-state index contributed by atoms with van der Waals surface area (Å²) in [6.07, 6.45) is 72.3. The molecule has 0 saturated heterocycles. The molecule has 0 N–H and O–H groups in total. The molecule has 0 amide bonds. The van der Waals surface area contributed by atoms with Crippen LogP contribution in [0, 0.1) is 0 Å². The van der Waals surface area contributed by atoms with Crippen molar-refractivity contribution in [3.63, 3.8) is 0 Å². The van der Waals surface area contributed by atoms with Crippen LogP contribution in [-0.4, -0.2) is 37.9 Å². The lowest BCUT2D eigenvalue weighted by atomic mass is 10.0. The molecule has 0 heterocycles. The average Bonchev–Trinajstić information content (AvgIpc) is 3.32. The standard InChI is InChI=1S/C61H110O5/c1-4-7-10-13-16-19-22-25-28-29-30-31-32-35-38-41-44-47-50-53-56-64-57-59(66-61(63)55-52-49-46-43-40-37-34-27-24-21-18-15-12-9-6-3)58-65-60(62)54-51-48-45-42-39-36-33-26-23-20-17-14-11-8-5-2/h16-17,19-20,25-26,28,30-31,33,59H,4-15,18,21-24,27,29,32,34-58H2,1-3H3/b19-16-,20-17-,28-25-,31-30-,33-26-. The molecule has 5 nitrogen and oxygen atoms in total. The van der Waals surface area contributed by atoms with Gasteiger partial charge in [0.1, 0.15) is 6.61 Å². The molecular weight excluding hydrogens is 813 g/mol. The summed E-state index contributed by atoms with van der Waals surface area (Å²) in [5, 5.41) is 0. The average molecular weight is 924 g/mol. The van der Waals surface area contributed by atoms with Crippen LogP contribution in [0.4, 0.5) is 0 Å². The first-order valence-corrected chi connectivity index (χ1v) is 28.8. The van der Waals surface area contributed by atoms with Crippen molar-refractivity contribution in [2.45, 2.75) is 297 Å². The first-order valence-electron chi connectivity index (χ1n) is 28.8. The number of rotatable bonds is 53. The lowest BCUT2D eigenvalue weighted by Gasteiger charge is -2.18. The minimum absolute atomic E-state index is 0.0758. The van der Waals surface area contributed by atoms with Crippen LogP contribution in [0.2, 0.25) is 0 Å². The van der Waals surface area contributed by atoms with Crippen molar-refractivity contribution < 1.29 is 23.8 Å². The second-order valence-electron chi connectivity index (χ2n) is 19.2. The Hall–Kier alpha value is -2.40. The van der Waals surface area contributed by atoms with Gasteiger partial charge in [0.05, 0.1) is 6.61 Å². The smallest absolute Gasteiger partial charge is 0.306 e. The Morgan fingerprint density at radius 1 is 0.333 bits per heavy atom. The van der Waals surface area contributed by atoms with E-state index in [-0.39, 0.29) is 25.2 Å². The van der Waals surface area contributed by atoms with E-state index in [4.69, 9.17) is 14.2 Å². The minimum atomic E-state index is -0.547. The molecule has 0 bridgehead atoms. The van der Waals surface area contributed by atoms with Crippen LogP contribution in [0.5, 0.6) is 0 Å². The summed E-state index contributed by atoms with van der Waals surface area (Å²) in [4.78, 5) is 25.5. The quantitative estimate of drug-likeness (QED) is 0.0346. The van der Waals surface area contributed by atoms with Gasteiger partial charge in [0.25, 0.3) is 0 Å². The predicted octanol–water partition coefficient (Wildman–Crippen LogP) is 19.7. The highest BCUT2D eigenvalue weighted by molar-refractivity contribution is 5.70. The van der Waals surface area contributed by atoms with Gasteiger partial charge in [-0.05, 0) is 89.9 Å². The minimum Gasteiger partial charge on any atom is -0.462 e. The largest absolute Gasteiger partial charge is 0.462 e. The number of allylic oxidation sites excluding steroid dienone is 10. The Bertz CT molecular complexity index is 1130. The van der Waals surface area contributed by atoms with Crippen LogP contribution in [0.25, 0.3) is 0 Å². The molecule has 0 aromatic carbocycles. The Morgan fingerprint density at radius 3 is 1.05 bits per heavy atom. The van der Waals surface area contributed by atoms with Gasteiger partial charge in [-0.2, -0.15) is 0 Å². The van der Waals surface area contributed by atoms with Gasteiger partial charge in [-0.25, -0.2) is 0 Å². The zero-order valence-electron chi connectivity index (χ0n) is 44.2. The molecule has 0 spiro atoms. The maximum absolute atomic E-state index is 12.9. The van der Waals surface area contributed by atoms with E-state index in [9.17, 15) is 9.59 Å². The number of esters is 2. The van der Waals surface area contributed by atoms with Crippen molar-refractivity contribution >= 4 is 11.9 Å². The van der Waals surface area contributed by atoms with E-state index in [0.29, 0.717) is 19.4 Å². The lowest BCUT2D eigenvalue weighted by molar-refractivity contribution is -0.163. The Kier molecular flexibility index (Phi) is 54.9. The molecule has 0 fully saturated rings. The predicted molar refractivity (Wildman–Crippen MR) is 288 cm³/mol. The molecule has 0 aliphatic carbocycles. The number of unbranched alkanes of at least 4 members (excludes halogenated alkanes) is 32. The first-order chi connectivity index (χ1) is 32.6. The summed E-state index contributed by atoms with van der Waals surface area (Å²) < 4.78 is 17.5. The summed E-state index contributed by atoms with van der Waals surface area (Å²) in [7, 11) is 0. The molecule has 0 aromatic rings. The molecule has 0 aliphatic rings. The van der Waals surface area contributed by atoms with Crippen LogP contribution in [0.1, 0.15) is 290 Å². The van der Waals surface area contributed by atoms with E-state index in [2.05, 4.69) is 81.5 Å². The summed E-state index contributed by atoms with van der Waals surface area (Å²) in [5.41, 5.74) is 0. The number of hydrogen-bond donors (Lipinski definition) is 0. The third kappa shape index (κ3) is 54.2. The maximum atomic E-state index is 12.9. The molecule has 0 aliphatic heterocycles. The van der Waals surface area contributed by atoms with E-state index < -0.39 is 6.10 Å². The fraction of sp³-hybridized carbons (Fsp3) is 0.803. The highest BCUT2D eigenvalue weighted by Crippen LogP contribution is 2.16. The molecule has 66 heavy (non-hydrogen) atoms. The van der Waals surface area contributed by atoms with Crippen molar-refractivity contribution in [3.8, 4) is 0 Å². The molecule has 1 unspecified atom stereocenters. The van der Waals surface area contributed by atoms with Crippen molar-refractivity contribution in [1.29, 1.82) is 0 Å². The van der Waals surface area contributed by atoms with Crippen LogP contribution >= 0.6 is 0 Å². The SMILES string of the molecule is CCCCC/C=C\C/C=C\C/C=C\CCCCCCCCCOCC(COC(=O)CCCCCCC/C=C\C/C=C\CCCCC)OC(=O)CCCCCCCCCCCCCCCCC. The molecule has 384 valence electrons. The molecule has 0 saturated carbocycles. The zero-order valence-corrected chi connectivity index (χ0v) is 44.2. The van der Waals surface area contributed by atoms with E-state index in [0.717, 1.165) is 70.6 Å². The fourth-order valence-electron chi connectivity index (χ4n) is 8.20. The van der Waals surface area contributed by atoms with Crippen LogP contribution in [0.15, 0.2) is 60.8 Å². The van der Waals surface area contributed by atoms with Gasteiger partial charge in [0, 0.05) is 19.4 Å². The maximum Gasteiger partial charge on any atom is 0.306 e. The number of hydrogen-bond acceptors (Lipinski definition) is 5. The van der Waals surface area contributed by atoms with Gasteiger partial charge in [0.2, 0.25) is 0 Å². The van der Waals surface area contributed by atoms with Gasteiger partial charge in [0.15, 0.2) is 6.10 Å². The number of ether oxygens (including phenoxy) is 3. The molecule has 0 aromatic heterocycles. The van der Waals surface area contributed by atoms with Crippen molar-refractivity contribution in [2.75, 3.05) is 19.8 Å². The molecule has 0 rings (SSSR count). The number of carbonyl (C=O) groups excluding carboxylic acids is 2. The number of carbonyl (C=O) groups is 2. The van der Waals surface area contributed by atoms with Gasteiger partial charge < -0.3 is 14.2 Å². The first kappa shape index (κ1) is 63.6. The summed E-state index contributed by atoms with van der Waals surface area (Å²) in [6, 6.07) is 0. The Morgan fingerprint density at radius 2 is 0.636 bits per heavy atom. The summed E-state index contributed by atoms with van der Waals surface area (Å²) in [5.74, 6) is -0.406. The second-order valence-corrected chi connectivity index (χ2v) is 19.2. The summed E-state index contributed by atoms with van der Waals surface area (Å²) in [6.45, 7) is 7.78. The normalized spacial score (nSPS) is 12.6. The molecule has 1 atom stereocenters. The van der Waals surface area contributed by atoms with E-state index in [1.807, 2.05) is 0 Å².